The van der Waals surface area contributed by atoms with Gasteiger partial charge in [-0.05, 0) is 11.8 Å². The first-order valence-corrected chi connectivity index (χ1v) is 3.07. The average Bonchev–Trinajstić information content (AvgIpc) is 1.91. The van der Waals surface area contributed by atoms with Crippen LogP contribution in [0.2, 0.25) is 0 Å². The van der Waals surface area contributed by atoms with E-state index in [0.29, 0.717) is 5.17 Å². The van der Waals surface area contributed by atoms with Gasteiger partial charge in [0.2, 0.25) is 0 Å². The van der Waals surface area contributed by atoms with Crippen molar-refractivity contribution in [2.24, 2.45) is 0 Å². The van der Waals surface area contributed by atoms with Crippen LogP contribution in [0.15, 0.2) is 0 Å². The smallest absolute Gasteiger partial charge is 0.231 e. The van der Waals surface area contributed by atoms with E-state index in [1.54, 1.807) is 11.8 Å². The fourth-order valence-electron chi connectivity index (χ4n) is 0.413. The van der Waals surface area contributed by atoms with Crippen LogP contribution in [0.3, 0.4) is 0 Å². The number of rotatable bonds is 0. The van der Waals surface area contributed by atoms with E-state index in [1.807, 2.05) is 17.8 Å². The molecule has 1 rings (SSSR count). The molecule has 0 bridgehead atoms. The number of nitrogens with one attached hydrogen (secondary N) is 1. The fourth-order valence-corrected chi connectivity index (χ4v) is 1.15. The number of hydrogen-bond acceptors (Lipinski definition) is 2. The van der Waals surface area contributed by atoms with E-state index in [1.165, 1.54) is 0 Å². The summed E-state index contributed by atoms with van der Waals surface area (Å²) in [5, 5.41) is 7.77. The molecule has 0 atom stereocenters. The Balaban J connectivity index is 2.72. The summed E-state index contributed by atoms with van der Waals surface area (Å²) in [7, 11) is 1.89. The van der Waals surface area contributed by atoms with Crippen molar-refractivity contribution in [1.82, 2.24) is 0 Å². The van der Waals surface area contributed by atoms with Gasteiger partial charge in [0, 0.05) is 0 Å². The number of nitrogens with zero attached hydrogens (tertiary/aromatic N) is 1. The highest BCUT2D eigenvalue weighted by Crippen LogP contribution is 2.04. The van der Waals surface area contributed by atoms with Crippen LogP contribution in [0.25, 0.3) is 0 Å². The first-order valence-electron chi connectivity index (χ1n) is 2.08. The van der Waals surface area contributed by atoms with E-state index < -0.39 is 0 Å². The largest absolute Gasteiger partial charge is 0.351 e. The zero-order valence-corrected chi connectivity index (χ0v) is 4.96. The van der Waals surface area contributed by atoms with Gasteiger partial charge in [-0.1, -0.05) is 5.41 Å². The Labute approximate surface area is 46.7 Å². The Morgan fingerprint density at radius 1 is 2.00 bits per heavy atom. The van der Waals surface area contributed by atoms with Crippen molar-refractivity contribution in [3.8, 4) is 0 Å². The number of hydrogen-bond donors (Lipinski definition) is 1. The minimum atomic E-state index is 0.653. The van der Waals surface area contributed by atoms with Crippen LogP contribution in [-0.2, 0) is 0 Å². The number of amidine groups is 1. The first kappa shape index (κ1) is 4.84. The van der Waals surface area contributed by atoms with Gasteiger partial charge >= 0.3 is 5.17 Å². The molecule has 38 valence electrons. The molecular weight excluding hydrogens is 108 g/mol. The lowest BCUT2D eigenvalue weighted by atomic mass is 10.8. The third-order valence-electron chi connectivity index (χ3n) is 0.889. The van der Waals surface area contributed by atoms with Crippen molar-refractivity contribution in [2.45, 2.75) is 0 Å². The van der Waals surface area contributed by atoms with Crippen LogP contribution < -0.4 is 0 Å². The molecule has 1 aliphatic heterocycles. The summed E-state index contributed by atoms with van der Waals surface area (Å²) in [6.45, 7) is 0. The molecule has 7 heavy (non-hydrogen) atoms. The summed E-state index contributed by atoms with van der Waals surface area (Å²) in [6.07, 6.45) is 1.99. The van der Waals surface area contributed by atoms with Crippen LogP contribution in [0.5, 0.6) is 0 Å². The van der Waals surface area contributed by atoms with Crippen LogP contribution >= 0.6 is 11.8 Å². The summed E-state index contributed by atoms with van der Waals surface area (Å²) in [5.41, 5.74) is 0. The van der Waals surface area contributed by atoms with Gasteiger partial charge in [-0.2, -0.15) is 0 Å². The summed E-state index contributed by atoms with van der Waals surface area (Å²) in [4.78, 5) is 0. The molecule has 2 nitrogen and oxygen atoms in total. The van der Waals surface area contributed by atoms with Crippen LogP contribution in [0, 0.1) is 5.41 Å². The summed E-state index contributed by atoms with van der Waals surface area (Å²) < 4.78 is 1.82. The Bertz CT molecular complexity index is 128. The standard InChI is InChI=1S/C4H7N2S/c1-6-2-3-7-4(6)5/h2,5H,3H2,1H3/q+1. The lowest BCUT2D eigenvalue weighted by Gasteiger charge is -1.80. The highest BCUT2D eigenvalue weighted by atomic mass is 32.2. The van der Waals surface area contributed by atoms with E-state index in [9.17, 15) is 0 Å². The van der Waals surface area contributed by atoms with Crippen molar-refractivity contribution in [1.29, 1.82) is 5.41 Å². The maximum absolute atomic E-state index is 7.11. The second-order valence-corrected chi connectivity index (χ2v) is 2.42. The SMILES string of the molecule is C[N+]1=CCSC1=N. The van der Waals surface area contributed by atoms with E-state index in [-0.39, 0.29) is 0 Å². The Kier molecular flexibility index (Phi) is 1.15. The molecule has 0 spiro atoms. The van der Waals surface area contributed by atoms with Gasteiger partial charge < -0.3 is 0 Å². The van der Waals surface area contributed by atoms with Crippen LogP contribution in [-0.4, -0.2) is 28.8 Å². The van der Waals surface area contributed by atoms with Gasteiger partial charge in [-0.15, -0.1) is 0 Å². The highest BCUT2D eigenvalue weighted by Gasteiger charge is 2.12. The zero-order chi connectivity index (χ0) is 5.28. The third kappa shape index (κ3) is 0.825. The van der Waals surface area contributed by atoms with Crippen LogP contribution in [0.1, 0.15) is 0 Å². The minimum absolute atomic E-state index is 0.653. The molecule has 0 aliphatic carbocycles. The second-order valence-electron chi connectivity index (χ2n) is 1.41. The highest BCUT2D eigenvalue weighted by molar-refractivity contribution is 8.14. The molecule has 1 heterocycles. The predicted octanol–water partition coefficient (Wildman–Crippen LogP) is 0.381. The average molecular weight is 115 g/mol. The molecule has 3 heteroatoms. The molecule has 0 aromatic heterocycles. The molecule has 0 radical (unpaired) electrons. The molecule has 0 unspecified atom stereocenters. The van der Waals surface area contributed by atoms with E-state index in [4.69, 9.17) is 5.41 Å². The molecule has 1 aliphatic rings. The molecule has 0 aromatic rings. The van der Waals surface area contributed by atoms with Crippen molar-refractivity contribution >= 4 is 23.1 Å². The third-order valence-corrected chi connectivity index (χ3v) is 1.77. The predicted molar refractivity (Wildman–Crippen MR) is 32.4 cm³/mol. The lowest BCUT2D eigenvalue weighted by molar-refractivity contribution is -0.358. The van der Waals surface area contributed by atoms with Gasteiger partial charge in [0.25, 0.3) is 0 Å². The van der Waals surface area contributed by atoms with Gasteiger partial charge in [-0.25, -0.2) is 4.58 Å². The summed E-state index contributed by atoms with van der Waals surface area (Å²) in [6, 6.07) is 0. The zero-order valence-electron chi connectivity index (χ0n) is 4.14. The molecule has 0 saturated carbocycles. The van der Waals surface area contributed by atoms with E-state index >= 15 is 0 Å². The van der Waals surface area contributed by atoms with E-state index in [0.717, 1.165) is 5.75 Å². The quantitative estimate of drug-likeness (QED) is 0.454. The Hall–Kier alpha value is -0.310. The summed E-state index contributed by atoms with van der Waals surface area (Å²) in [5.74, 6) is 0.968. The molecule has 0 aromatic carbocycles. The lowest BCUT2D eigenvalue weighted by Crippen LogP contribution is -2.04. The molecule has 0 amide bonds. The maximum Gasteiger partial charge on any atom is 0.351 e. The minimum Gasteiger partial charge on any atom is -0.231 e. The second kappa shape index (κ2) is 1.66. The van der Waals surface area contributed by atoms with Gasteiger partial charge in [0.05, 0.1) is 19.0 Å². The van der Waals surface area contributed by atoms with E-state index in [2.05, 4.69) is 0 Å². The van der Waals surface area contributed by atoms with Gasteiger partial charge in [0.1, 0.15) is 0 Å². The van der Waals surface area contributed by atoms with Gasteiger partial charge in [0.15, 0.2) is 0 Å². The molecule has 1 N–H and O–H groups in total. The Morgan fingerprint density at radius 3 is 2.86 bits per heavy atom. The van der Waals surface area contributed by atoms with Crippen molar-refractivity contribution in [3.63, 3.8) is 0 Å². The topological polar surface area (TPSA) is 26.9 Å². The maximum atomic E-state index is 7.11. The van der Waals surface area contributed by atoms with Crippen molar-refractivity contribution in [3.05, 3.63) is 0 Å². The van der Waals surface area contributed by atoms with Gasteiger partial charge in [-0.3, -0.25) is 0 Å². The molecular formula is C4H7N2S+. The fraction of sp³-hybridized carbons (Fsp3) is 0.500. The van der Waals surface area contributed by atoms with Crippen LogP contribution in [0.4, 0.5) is 0 Å². The number of thioether (sulfide) groups is 1. The van der Waals surface area contributed by atoms with Crippen molar-refractivity contribution in [2.75, 3.05) is 12.8 Å². The molecule has 0 fully saturated rings. The monoisotopic (exact) mass is 115 g/mol. The normalized spacial score (nSPS) is 20.1. The summed E-state index contributed by atoms with van der Waals surface area (Å²) >= 11 is 1.56. The first-order chi connectivity index (χ1) is 3.30. The molecule has 0 saturated heterocycles. The Morgan fingerprint density at radius 2 is 2.71 bits per heavy atom. The van der Waals surface area contributed by atoms with Crippen molar-refractivity contribution < 1.29 is 4.58 Å².